The average Bonchev–Trinajstić information content (AvgIpc) is 2.45. The van der Waals surface area contributed by atoms with Crippen molar-refractivity contribution in [1.29, 1.82) is 0 Å². The van der Waals surface area contributed by atoms with E-state index in [-0.39, 0.29) is 0 Å². The third-order valence-electron chi connectivity index (χ3n) is 1.53. The maximum atomic E-state index is 5.12. The molecule has 0 aliphatic carbocycles. The monoisotopic (exact) mass is 163 g/mol. The lowest BCUT2D eigenvalue weighted by molar-refractivity contribution is 0.767. The number of unbranched alkanes of at least 4 members (excludes halogenated alkanes) is 1. The van der Waals surface area contributed by atoms with E-state index in [9.17, 15) is 0 Å². The Morgan fingerprint density at radius 1 is 1.75 bits per heavy atom. The Hall–Kier alpha value is -1.43. The van der Waals surface area contributed by atoms with Gasteiger partial charge in [-0.1, -0.05) is 0 Å². The highest BCUT2D eigenvalue weighted by Crippen LogP contribution is 2.02. The molecule has 0 amide bonds. The zero-order chi connectivity index (χ0) is 8.81. The van der Waals surface area contributed by atoms with Crippen molar-refractivity contribution in [1.82, 2.24) is 9.78 Å². The summed E-state index contributed by atoms with van der Waals surface area (Å²) in [7, 11) is 1.90. The molecule has 1 N–H and O–H groups in total. The van der Waals surface area contributed by atoms with Crippen LogP contribution in [0.1, 0.15) is 12.8 Å². The number of rotatable bonds is 4. The van der Waals surface area contributed by atoms with E-state index in [1.165, 1.54) is 0 Å². The van der Waals surface area contributed by atoms with Gasteiger partial charge in [-0.05, 0) is 6.42 Å². The zero-order valence-corrected chi connectivity index (χ0v) is 7.25. The van der Waals surface area contributed by atoms with E-state index >= 15 is 0 Å². The lowest BCUT2D eigenvalue weighted by Gasteiger charge is -1.99. The van der Waals surface area contributed by atoms with Gasteiger partial charge in [0.25, 0.3) is 0 Å². The number of terminal acetylenes is 1. The second kappa shape index (κ2) is 4.45. The van der Waals surface area contributed by atoms with Gasteiger partial charge < -0.3 is 5.32 Å². The molecule has 1 rings (SSSR count). The van der Waals surface area contributed by atoms with Crippen LogP contribution < -0.4 is 5.32 Å². The van der Waals surface area contributed by atoms with Gasteiger partial charge in [-0.3, -0.25) is 4.68 Å². The predicted molar refractivity (Wildman–Crippen MR) is 49.8 cm³/mol. The number of aryl methyl sites for hydroxylation is 1. The minimum Gasteiger partial charge on any atom is -0.382 e. The average molecular weight is 163 g/mol. The molecule has 3 nitrogen and oxygen atoms in total. The molecule has 1 aromatic rings. The SMILES string of the molecule is C#CCCCNc1cnn(C)c1. The van der Waals surface area contributed by atoms with Crippen molar-refractivity contribution >= 4 is 5.69 Å². The summed E-state index contributed by atoms with van der Waals surface area (Å²) in [6, 6.07) is 0. The van der Waals surface area contributed by atoms with Crippen LogP contribution in [0.15, 0.2) is 12.4 Å². The van der Waals surface area contributed by atoms with Crippen LogP contribution in [0.4, 0.5) is 5.69 Å². The van der Waals surface area contributed by atoms with E-state index in [1.807, 2.05) is 13.2 Å². The van der Waals surface area contributed by atoms with Gasteiger partial charge >= 0.3 is 0 Å². The summed E-state index contributed by atoms with van der Waals surface area (Å²) < 4.78 is 1.77. The van der Waals surface area contributed by atoms with Crippen molar-refractivity contribution in [3.8, 4) is 12.3 Å². The Labute approximate surface area is 72.8 Å². The quantitative estimate of drug-likeness (QED) is 0.534. The molecule has 0 spiro atoms. The minimum absolute atomic E-state index is 0.827. The lowest BCUT2D eigenvalue weighted by Crippen LogP contribution is -1.99. The molecule has 12 heavy (non-hydrogen) atoms. The summed E-state index contributed by atoms with van der Waals surface area (Å²) in [5.41, 5.74) is 1.05. The van der Waals surface area contributed by atoms with Crippen LogP contribution >= 0.6 is 0 Å². The molecule has 0 saturated carbocycles. The molecular formula is C9H13N3. The van der Waals surface area contributed by atoms with Crippen molar-refractivity contribution in [2.75, 3.05) is 11.9 Å². The number of nitrogens with zero attached hydrogens (tertiary/aromatic N) is 2. The molecule has 0 saturated heterocycles. The van der Waals surface area contributed by atoms with E-state index in [4.69, 9.17) is 6.42 Å². The molecule has 1 aromatic heterocycles. The summed E-state index contributed by atoms with van der Waals surface area (Å²) in [6.07, 6.45) is 10.7. The summed E-state index contributed by atoms with van der Waals surface area (Å²) in [4.78, 5) is 0. The predicted octanol–water partition coefficient (Wildman–Crippen LogP) is 1.25. The van der Waals surface area contributed by atoms with Gasteiger partial charge in [-0.15, -0.1) is 12.3 Å². The lowest BCUT2D eigenvalue weighted by atomic mass is 10.3. The summed E-state index contributed by atoms with van der Waals surface area (Å²) >= 11 is 0. The maximum Gasteiger partial charge on any atom is 0.0726 e. The molecule has 0 aliphatic heterocycles. The molecule has 3 heteroatoms. The van der Waals surface area contributed by atoms with E-state index < -0.39 is 0 Å². The molecule has 0 aromatic carbocycles. The summed E-state index contributed by atoms with van der Waals surface area (Å²) in [5, 5.41) is 7.25. The van der Waals surface area contributed by atoms with Crippen LogP contribution in [0.2, 0.25) is 0 Å². The Morgan fingerprint density at radius 3 is 3.17 bits per heavy atom. The van der Waals surface area contributed by atoms with Gasteiger partial charge in [0, 0.05) is 26.2 Å². The van der Waals surface area contributed by atoms with Crippen molar-refractivity contribution in [3.63, 3.8) is 0 Å². The number of hydrogen-bond donors (Lipinski definition) is 1. The van der Waals surface area contributed by atoms with E-state index in [0.717, 1.165) is 25.1 Å². The normalized spacial score (nSPS) is 9.33. The van der Waals surface area contributed by atoms with Gasteiger partial charge in [0.2, 0.25) is 0 Å². The standard InChI is InChI=1S/C9H13N3/c1-3-4-5-6-10-9-7-11-12(2)8-9/h1,7-8,10H,4-6H2,2H3. The van der Waals surface area contributed by atoms with Crippen LogP contribution in [0.25, 0.3) is 0 Å². The topological polar surface area (TPSA) is 29.9 Å². The summed E-state index contributed by atoms with van der Waals surface area (Å²) in [6.45, 7) is 0.913. The third-order valence-corrected chi connectivity index (χ3v) is 1.53. The zero-order valence-electron chi connectivity index (χ0n) is 7.25. The third kappa shape index (κ3) is 2.67. The molecule has 64 valence electrons. The molecule has 0 radical (unpaired) electrons. The fourth-order valence-electron chi connectivity index (χ4n) is 0.936. The number of aromatic nitrogens is 2. The minimum atomic E-state index is 0.827. The largest absolute Gasteiger partial charge is 0.382 e. The van der Waals surface area contributed by atoms with Gasteiger partial charge in [-0.2, -0.15) is 5.10 Å². The Morgan fingerprint density at radius 2 is 2.58 bits per heavy atom. The van der Waals surface area contributed by atoms with Crippen molar-refractivity contribution in [3.05, 3.63) is 12.4 Å². The number of nitrogens with one attached hydrogen (secondary N) is 1. The van der Waals surface area contributed by atoms with E-state index in [1.54, 1.807) is 10.9 Å². The highest BCUT2D eigenvalue weighted by molar-refractivity contribution is 5.37. The van der Waals surface area contributed by atoms with Gasteiger partial charge in [0.05, 0.1) is 11.9 Å². The highest BCUT2D eigenvalue weighted by atomic mass is 15.3. The first-order valence-corrected chi connectivity index (χ1v) is 3.99. The fraction of sp³-hybridized carbons (Fsp3) is 0.444. The molecular weight excluding hydrogens is 150 g/mol. The number of hydrogen-bond acceptors (Lipinski definition) is 2. The van der Waals surface area contributed by atoms with Crippen LogP contribution in [0.5, 0.6) is 0 Å². The van der Waals surface area contributed by atoms with Crippen LogP contribution in [-0.2, 0) is 7.05 Å². The molecule has 0 unspecified atom stereocenters. The van der Waals surface area contributed by atoms with Crippen molar-refractivity contribution < 1.29 is 0 Å². The second-order valence-electron chi connectivity index (χ2n) is 2.64. The molecule has 1 heterocycles. The molecule has 0 fully saturated rings. The first-order valence-electron chi connectivity index (χ1n) is 3.99. The highest BCUT2D eigenvalue weighted by Gasteiger charge is 1.92. The number of anilines is 1. The Kier molecular flexibility index (Phi) is 3.21. The smallest absolute Gasteiger partial charge is 0.0726 e. The first-order chi connectivity index (χ1) is 5.83. The Balaban J connectivity index is 2.21. The molecule has 0 bridgehead atoms. The fourth-order valence-corrected chi connectivity index (χ4v) is 0.936. The maximum absolute atomic E-state index is 5.12. The van der Waals surface area contributed by atoms with Gasteiger partial charge in [0.1, 0.15) is 0 Å². The van der Waals surface area contributed by atoms with Crippen LogP contribution in [-0.4, -0.2) is 16.3 Å². The molecule has 0 atom stereocenters. The molecule has 0 aliphatic rings. The van der Waals surface area contributed by atoms with Gasteiger partial charge in [-0.25, -0.2) is 0 Å². The van der Waals surface area contributed by atoms with Crippen molar-refractivity contribution in [2.45, 2.75) is 12.8 Å². The van der Waals surface area contributed by atoms with Crippen LogP contribution in [0, 0.1) is 12.3 Å². The summed E-state index contributed by atoms with van der Waals surface area (Å²) in [5.74, 6) is 2.60. The van der Waals surface area contributed by atoms with Crippen LogP contribution in [0.3, 0.4) is 0 Å². The van der Waals surface area contributed by atoms with Gasteiger partial charge in [0.15, 0.2) is 0 Å². The Bertz CT molecular complexity index is 270. The second-order valence-corrected chi connectivity index (χ2v) is 2.64. The van der Waals surface area contributed by atoms with E-state index in [2.05, 4.69) is 16.3 Å². The first kappa shape index (κ1) is 8.66. The van der Waals surface area contributed by atoms with E-state index in [0.29, 0.717) is 0 Å². The van der Waals surface area contributed by atoms with Crippen molar-refractivity contribution in [2.24, 2.45) is 7.05 Å².